The molecule has 1 rings (SSSR count). The molecule has 1 heterocycles. The summed E-state index contributed by atoms with van der Waals surface area (Å²) in [7, 11) is 0. The summed E-state index contributed by atoms with van der Waals surface area (Å²) in [6, 6.07) is 1.88. The van der Waals surface area contributed by atoms with Crippen molar-refractivity contribution in [2.24, 2.45) is 0 Å². The molecule has 0 aliphatic carbocycles. The van der Waals surface area contributed by atoms with Crippen LogP contribution in [-0.4, -0.2) is 5.78 Å². The first-order valence-electron chi connectivity index (χ1n) is 3.39. The standard InChI is InChI=1S/C9H10OS/c1-4-8-5-9(6(2)10)7(3)11-8/h4-5H,1H2,2-3H3. The fraction of sp³-hybridized carbons (Fsp3) is 0.222. The fourth-order valence-electron chi connectivity index (χ4n) is 0.955. The van der Waals surface area contributed by atoms with Gasteiger partial charge in [-0.25, -0.2) is 0 Å². The van der Waals surface area contributed by atoms with E-state index in [4.69, 9.17) is 0 Å². The van der Waals surface area contributed by atoms with Crippen molar-refractivity contribution in [2.75, 3.05) is 0 Å². The van der Waals surface area contributed by atoms with E-state index in [0.717, 1.165) is 15.3 Å². The smallest absolute Gasteiger partial charge is 0.160 e. The third-order valence-electron chi connectivity index (χ3n) is 1.52. The zero-order chi connectivity index (χ0) is 8.43. The second-order valence-electron chi connectivity index (χ2n) is 2.38. The van der Waals surface area contributed by atoms with E-state index in [2.05, 4.69) is 6.58 Å². The summed E-state index contributed by atoms with van der Waals surface area (Å²) in [4.78, 5) is 13.1. The predicted molar refractivity (Wildman–Crippen MR) is 49.2 cm³/mol. The van der Waals surface area contributed by atoms with Crippen LogP contribution in [0, 0.1) is 6.92 Å². The maximum absolute atomic E-state index is 11.0. The van der Waals surface area contributed by atoms with Gasteiger partial charge in [0.1, 0.15) is 0 Å². The maximum atomic E-state index is 11.0. The largest absolute Gasteiger partial charge is 0.294 e. The molecule has 0 radical (unpaired) electrons. The summed E-state index contributed by atoms with van der Waals surface area (Å²) in [5.41, 5.74) is 0.824. The van der Waals surface area contributed by atoms with Crippen LogP contribution in [0.3, 0.4) is 0 Å². The molecule has 11 heavy (non-hydrogen) atoms. The van der Waals surface area contributed by atoms with Crippen LogP contribution in [0.1, 0.15) is 27.0 Å². The topological polar surface area (TPSA) is 17.1 Å². The number of hydrogen-bond acceptors (Lipinski definition) is 2. The van der Waals surface area contributed by atoms with Gasteiger partial charge in [0.15, 0.2) is 5.78 Å². The van der Waals surface area contributed by atoms with E-state index in [9.17, 15) is 4.79 Å². The predicted octanol–water partition coefficient (Wildman–Crippen LogP) is 2.90. The second-order valence-corrected chi connectivity index (χ2v) is 3.67. The Bertz CT molecular complexity index is 297. The molecule has 0 spiro atoms. The van der Waals surface area contributed by atoms with Crippen molar-refractivity contribution in [1.29, 1.82) is 0 Å². The normalized spacial score (nSPS) is 9.64. The Hall–Kier alpha value is -0.890. The summed E-state index contributed by atoms with van der Waals surface area (Å²) >= 11 is 1.60. The minimum Gasteiger partial charge on any atom is -0.294 e. The number of thiophene rings is 1. The van der Waals surface area contributed by atoms with E-state index in [-0.39, 0.29) is 5.78 Å². The molecular weight excluding hydrogens is 156 g/mol. The van der Waals surface area contributed by atoms with Crippen molar-refractivity contribution >= 4 is 23.2 Å². The quantitative estimate of drug-likeness (QED) is 0.617. The number of hydrogen-bond donors (Lipinski definition) is 0. The molecule has 1 aromatic heterocycles. The molecule has 1 aromatic rings. The zero-order valence-electron chi connectivity index (χ0n) is 6.68. The Morgan fingerprint density at radius 2 is 2.36 bits per heavy atom. The van der Waals surface area contributed by atoms with Crippen LogP contribution in [0.5, 0.6) is 0 Å². The van der Waals surface area contributed by atoms with Gasteiger partial charge in [-0.2, -0.15) is 0 Å². The number of rotatable bonds is 2. The van der Waals surface area contributed by atoms with Crippen molar-refractivity contribution in [3.8, 4) is 0 Å². The lowest BCUT2D eigenvalue weighted by atomic mass is 10.2. The van der Waals surface area contributed by atoms with Crippen molar-refractivity contribution in [2.45, 2.75) is 13.8 Å². The van der Waals surface area contributed by atoms with E-state index in [1.54, 1.807) is 24.3 Å². The van der Waals surface area contributed by atoms with Gasteiger partial charge in [-0.15, -0.1) is 11.3 Å². The van der Waals surface area contributed by atoms with Crippen molar-refractivity contribution in [3.05, 3.63) is 28.0 Å². The first-order chi connectivity index (χ1) is 5.15. The second kappa shape index (κ2) is 3.01. The molecule has 0 bridgehead atoms. The summed E-state index contributed by atoms with van der Waals surface area (Å²) in [6.07, 6.45) is 1.77. The van der Waals surface area contributed by atoms with Gasteiger partial charge in [0.2, 0.25) is 0 Å². The molecule has 0 saturated heterocycles. The van der Waals surface area contributed by atoms with Gasteiger partial charge in [-0.3, -0.25) is 4.79 Å². The third kappa shape index (κ3) is 1.57. The lowest BCUT2D eigenvalue weighted by Crippen LogP contribution is -1.89. The molecule has 0 fully saturated rings. The highest BCUT2D eigenvalue weighted by atomic mass is 32.1. The van der Waals surface area contributed by atoms with Crippen molar-refractivity contribution in [3.63, 3.8) is 0 Å². The summed E-state index contributed by atoms with van der Waals surface area (Å²) < 4.78 is 0. The van der Waals surface area contributed by atoms with Crippen LogP contribution < -0.4 is 0 Å². The average molecular weight is 166 g/mol. The molecule has 0 unspecified atom stereocenters. The first-order valence-corrected chi connectivity index (χ1v) is 4.20. The SMILES string of the molecule is C=Cc1cc(C(C)=O)c(C)s1. The number of ketones is 1. The minimum absolute atomic E-state index is 0.131. The number of aryl methyl sites for hydroxylation is 1. The highest BCUT2D eigenvalue weighted by molar-refractivity contribution is 7.13. The molecule has 0 N–H and O–H groups in total. The Balaban J connectivity index is 3.16. The maximum Gasteiger partial charge on any atom is 0.160 e. The zero-order valence-corrected chi connectivity index (χ0v) is 7.49. The van der Waals surface area contributed by atoms with E-state index >= 15 is 0 Å². The van der Waals surface area contributed by atoms with Crippen molar-refractivity contribution in [1.82, 2.24) is 0 Å². The van der Waals surface area contributed by atoms with Crippen LogP contribution in [0.4, 0.5) is 0 Å². The van der Waals surface area contributed by atoms with Crippen LogP contribution in [0.2, 0.25) is 0 Å². The van der Waals surface area contributed by atoms with Crippen LogP contribution in [0.25, 0.3) is 6.08 Å². The Morgan fingerprint density at radius 1 is 1.73 bits per heavy atom. The number of carbonyl (C=O) groups is 1. The molecule has 58 valence electrons. The molecule has 0 saturated carbocycles. The molecule has 0 aromatic carbocycles. The monoisotopic (exact) mass is 166 g/mol. The summed E-state index contributed by atoms with van der Waals surface area (Å²) in [5.74, 6) is 0.131. The molecule has 0 atom stereocenters. The van der Waals surface area contributed by atoms with Gasteiger partial charge in [0, 0.05) is 15.3 Å². The van der Waals surface area contributed by atoms with Gasteiger partial charge >= 0.3 is 0 Å². The Morgan fingerprint density at radius 3 is 2.64 bits per heavy atom. The van der Waals surface area contributed by atoms with Crippen LogP contribution in [0.15, 0.2) is 12.6 Å². The highest BCUT2D eigenvalue weighted by Crippen LogP contribution is 2.22. The van der Waals surface area contributed by atoms with Gasteiger partial charge in [-0.05, 0) is 19.9 Å². The van der Waals surface area contributed by atoms with Crippen molar-refractivity contribution < 1.29 is 4.79 Å². The van der Waals surface area contributed by atoms with Gasteiger partial charge in [-0.1, -0.05) is 12.7 Å². The third-order valence-corrected chi connectivity index (χ3v) is 2.56. The molecule has 0 aliphatic heterocycles. The van der Waals surface area contributed by atoms with Gasteiger partial charge in [0.25, 0.3) is 0 Å². The molecule has 1 nitrogen and oxygen atoms in total. The summed E-state index contributed by atoms with van der Waals surface area (Å²) in [5, 5.41) is 0. The lowest BCUT2D eigenvalue weighted by molar-refractivity contribution is 0.101. The Kier molecular flexibility index (Phi) is 2.25. The lowest BCUT2D eigenvalue weighted by Gasteiger charge is -1.87. The van der Waals surface area contributed by atoms with Crippen LogP contribution >= 0.6 is 11.3 Å². The Labute approximate surface area is 70.4 Å². The van der Waals surface area contributed by atoms with E-state index in [0.29, 0.717) is 0 Å². The summed E-state index contributed by atoms with van der Waals surface area (Å²) in [6.45, 7) is 7.18. The fourth-order valence-corrected chi connectivity index (χ4v) is 1.88. The number of carbonyl (C=O) groups excluding carboxylic acids is 1. The van der Waals surface area contributed by atoms with E-state index in [1.165, 1.54) is 0 Å². The van der Waals surface area contributed by atoms with Crippen LogP contribution in [-0.2, 0) is 0 Å². The van der Waals surface area contributed by atoms with Gasteiger partial charge < -0.3 is 0 Å². The minimum atomic E-state index is 0.131. The molecule has 0 amide bonds. The van der Waals surface area contributed by atoms with E-state index < -0.39 is 0 Å². The first kappa shape index (κ1) is 8.21. The number of Topliss-reactive ketones (excluding diaryl/α,β-unsaturated/α-hetero) is 1. The molecular formula is C9H10OS. The molecule has 2 heteroatoms. The van der Waals surface area contributed by atoms with E-state index in [1.807, 2.05) is 13.0 Å². The van der Waals surface area contributed by atoms with Gasteiger partial charge in [0.05, 0.1) is 0 Å². The molecule has 0 aliphatic rings. The highest BCUT2D eigenvalue weighted by Gasteiger charge is 2.06. The average Bonchev–Trinajstić information content (AvgIpc) is 2.30.